The SMILES string of the molecule is CC(C)(C)c1ccc(-c2ccc(C(=O)c3ccccc3N)cc2)cc1. The van der Waals surface area contributed by atoms with Crippen molar-refractivity contribution in [2.24, 2.45) is 0 Å². The molecule has 25 heavy (non-hydrogen) atoms. The van der Waals surface area contributed by atoms with Gasteiger partial charge in [0.05, 0.1) is 0 Å². The molecule has 0 bridgehead atoms. The summed E-state index contributed by atoms with van der Waals surface area (Å²) in [5, 5.41) is 0. The molecule has 0 aliphatic carbocycles. The van der Waals surface area contributed by atoms with Gasteiger partial charge in [-0.05, 0) is 34.2 Å². The molecule has 0 radical (unpaired) electrons. The molecule has 0 saturated heterocycles. The Kier molecular flexibility index (Phi) is 4.45. The van der Waals surface area contributed by atoms with Gasteiger partial charge in [-0.15, -0.1) is 0 Å². The van der Waals surface area contributed by atoms with Crippen LogP contribution in [-0.4, -0.2) is 5.78 Å². The van der Waals surface area contributed by atoms with Crippen molar-refractivity contribution in [1.82, 2.24) is 0 Å². The Morgan fingerprint density at radius 3 is 1.80 bits per heavy atom. The largest absolute Gasteiger partial charge is 0.398 e. The smallest absolute Gasteiger partial charge is 0.195 e. The molecule has 3 aromatic carbocycles. The number of ketones is 1. The van der Waals surface area contributed by atoms with E-state index < -0.39 is 0 Å². The third kappa shape index (κ3) is 3.63. The molecule has 2 nitrogen and oxygen atoms in total. The molecule has 0 amide bonds. The van der Waals surface area contributed by atoms with Crippen LogP contribution < -0.4 is 5.73 Å². The minimum Gasteiger partial charge on any atom is -0.398 e. The number of para-hydroxylation sites is 1. The molecular formula is C23H23NO. The second-order valence-corrected chi connectivity index (χ2v) is 7.32. The molecular weight excluding hydrogens is 306 g/mol. The van der Waals surface area contributed by atoms with E-state index in [1.807, 2.05) is 36.4 Å². The molecule has 0 aliphatic heterocycles. The highest BCUT2D eigenvalue weighted by Gasteiger charge is 2.14. The van der Waals surface area contributed by atoms with E-state index in [0.29, 0.717) is 16.8 Å². The van der Waals surface area contributed by atoms with Crippen LogP contribution >= 0.6 is 0 Å². The maximum atomic E-state index is 12.6. The van der Waals surface area contributed by atoms with Gasteiger partial charge in [0.1, 0.15) is 0 Å². The molecule has 3 rings (SSSR count). The van der Waals surface area contributed by atoms with Gasteiger partial charge in [0.15, 0.2) is 5.78 Å². The minimum atomic E-state index is -0.0484. The van der Waals surface area contributed by atoms with Crippen molar-refractivity contribution in [3.8, 4) is 11.1 Å². The van der Waals surface area contributed by atoms with Gasteiger partial charge < -0.3 is 5.73 Å². The Hall–Kier alpha value is -2.87. The maximum absolute atomic E-state index is 12.6. The number of benzene rings is 3. The van der Waals surface area contributed by atoms with E-state index >= 15 is 0 Å². The molecule has 0 aliphatic rings. The number of nitrogen functional groups attached to an aromatic ring is 1. The summed E-state index contributed by atoms with van der Waals surface area (Å²) in [4.78, 5) is 12.6. The fourth-order valence-electron chi connectivity index (χ4n) is 2.84. The average Bonchev–Trinajstić information content (AvgIpc) is 2.61. The van der Waals surface area contributed by atoms with Crippen LogP contribution in [0.4, 0.5) is 5.69 Å². The van der Waals surface area contributed by atoms with Gasteiger partial charge in [-0.1, -0.05) is 81.4 Å². The number of rotatable bonds is 3. The van der Waals surface area contributed by atoms with Crippen molar-refractivity contribution in [2.45, 2.75) is 26.2 Å². The first-order chi connectivity index (χ1) is 11.9. The fraction of sp³-hybridized carbons (Fsp3) is 0.174. The van der Waals surface area contributed by atoms with Crippen LogP contribution in [-0.2, 0) is 5.41 Å². The van der Waals surface area contributed by atoms with Crippen LogP contribution in [0.2, 0.25) is 0 Å². The number of carbonyl (C=O) groups is 1. The van der Waals surface area contributed by atoms with Crippen molar-refractivity contribution >= 4 is 11.5 Å². The molecule has 0 spiro atoms. The average molecular weight is 329 g/mol. The van der Waals surface area contributed by atoms with Gasteiger partial charge in [0, 0.05) is 16.8 Å². The molecule has 2 heteroatoms. The lowest BCUT2D eigenvalue weighted by molar-refractivity contribution is 0.103. The standard InChI is InChI=1S/C23H23NO/c1-23(2,3)19-14-12-17(13-15-19)16-8-10-18(11-9-16)22(25)20-6-4-5-7-21(20)24/h4-15H,24H2,1-3H3. The second-order valence-electron chi connectivity index (χ2n) is 7.32. The summed E-state index contributed by atoms with van der Waals surface area (Å²) in [7, 11) is 0. The van der Waals surface area contributed by atoms with Crippen LogP contribution in [0.3, 0.4) is 0 Å². The molecule has 0 saturated carbocycles. The van der Waals surface area contributed by atoms with Crippen LogP contribution in [0.25, 0.3) is 11.1 Å². The monoisotopic (exact) mass is 329 g/mol. The van der Waals surface area contributed by atoms with Crippen LogP contribution in [0.1, 0.15) is 42.3 Å². The number of nitrogens with two attached hydrogens (primary N) is 1. The van der Waals surface area contributed by atoms with E-state index in [4.69, 9.17) is 5.73 Å². The third-order valence-electron chi connectivity index (χ3n) is 4.44. The highest BCUT2D eigenvalue weighted by molar-refractivity contribution is 6.12. The van der Waals surface area contributed by atoms with Crippen LogP contribution in [0.15, 0.2) is 72.8 Å². The third-order valence-corrected chi connectivity index (χ3v) is 4.44. The Labute approximate surface area is 149 Å². The molecule has 0 atom stereocenters. The topological polar surface area (TPSA) is 43.1 Å². The van der Waals surface area contributed by atoms with Crippen molar-refractivity contribution in [3.63, 3.8) is 0 Å². The predicted octanol–water partition coefficient (Wildman–Crippen LogP) is 5.46. The summed E-state index contributed by atoms with van der Waals surface area (Å²) in [5.41, 5.74) is 11.3. The normalized spacial score (nSPS) is 11.3. The number of carbonyl (C=O) groups excluding carboxylic acids is 1. The summed E-state index contributed by atoms with van der Waals surface area (Å²) >= 11 is 0. The van der Waals surface area contributed by atoms with Crippen LogP contribution in [0.5, 0.6) is 0 Å². The van der Waals surface area contributed by atoms with E-state index in [-0.39, 0.29) is 11.2 Å². The van der Waals surface area contributed by atoms with Gasteiger partial charge >= 0.3 is 0 Å². The van der Waals surface area contributed by atoms with E-state index in [2.05, 4.69) is 45.0 Å². The predicted molar refractivity (Wildman–Crippen MR) is 105 cm³/mol. The Balaban J connectivity index is 1.85. The van der Waals surface area contributed by atoms with Crippen LogP contribution in [0, 0.1) is 0 Å². The van der Waals surface area contributed by atoms with E-state index in [9.17, 15) is 4.79 Å². The molecule has 126 valence electrons. The lowest BCUT2D eigenvalue weighted by Crippen LogP contribution is -2.10. The highest BCUT2D eigenvalue weighted by Crippen LogP contribution is 2.27. The van der Waals surface area contributed by atoms with E-state index in [0.717, 1.165) is 11.1 Å². The van der Waals surface area contributed by atoms with Crippen molar-refractivity contribution < 1.29 is 4.79 Å². The lowest BCUT2D eigenvalue weighted by Gasteiger charge is -2.19. The summed E-state index contributed by atoms with van der Waals surface area (Å²) in [5.74, 6) is -0.0484. The Morgan fingerprint density at radius 2 is 1.28 bits per heavy atom. The van der Waals surface area contributed by atoms with Gasteiger partial charge in [-0.2, -0.15) is 0 Å². The van der Waals surface area contributed by atoms with Gasteiger partial charge in [0.25, 0.3) is 0 Å². The summed E-state index contributed by atoms with van der Waals surface area (Å²) in [6, 6.07) is 23.5. The summed E-state index contributed by atoms with van der Waals surface area (Å²) in [6.45, 7) is 6.62. The Bertz CT molecular complexity index is 885. The van der Waals surface area contributed by atoms with Gasteiger partial charge in [-0.3, -0.25) is 4.79 Å². The maximum Gasteiger partial charge on any atom is 0.195 e. The second kappa shape index (κ2) is 6.56. The van der Waals surface area contributed by atoms with E-state index in [1.165, 1.54) is 5.56 Å². The molecule has 2 N–H and O–H groups in total. The van der Waals surface area contributed by atoms with Gasteiger partial charge in [-0.25, -0.2) is 0 Å². The lowest BCUT2D eigenvalue weighted by atomic mass is 9.86. The first-order valence-corrected chi connectivity index (χ1v) is 8.46. The molecule has 0 aromatic heterocycles. The zero-order valence-corrected chi connectivity index (χ0v) is 14.9. The summed E-state index contributed by atoms with van der Waals surface area (Å²) < 4.78 is 0. The molecule has 0 unspecified atom stereocenters. The molecule has 0 fully saturated rings. The molecule has 0 heterocycles. The number of hydrogen-bond acceptors (Lipinski definition) is 2. The first kappa shape index (κ1) is 17.0. The van der Waals surface area contributed by atoms with E-state index in [1.54, 1.807) is 12.1 Å². The molecule has 3 aromatic rings. The zero-order valence-electron chi connectivity index (χ0n) is 14.9. The number of hydrogen-bond donors (Lipinski definition) is 1. The number of anilines is 1. The van der Waals surface area contributed by atoms with Crippen molar-refractivity contribution in [1.29, 1.82) is 0 Å². The Morgan fingerprint density at radius 1 is 0.760 bits per heavy atom. The first-order valence-electron chi connectivity index (χ1n) is 8.46. The van der Waals surface area contributed by atoms with Crippen molar-refractivity contribution in [3.05, 3.63) is 89.5 Å². The van der Waals surface area contributed by atoms with Crippen molar-refractivity contribution in [2.75, 3.05) is 5.73 Å². The quantitative estimate of drug-likeness (QED) is 0.512. The summed E-state index contributed by atoms with van der Waals surface area (Å²) in [6.07, 6.45) is 0. The highest BCUT2D eigenvalue weighted by atomic mass is 16.1. The minimum absolute atomic E-state index is 0.0484. The zero-order chi connectivity index (χ0) is 18.0. The fourth-order valence-corrected chi connectivity index (χ4v) is 2.84. The van der Waals surface area contributed by atoms with Gasteiger partial charge in [0.2, 0.25) is 0 Å².